The van der Waals surface area contributed by atoms with Crippen molar-refractivity contribution in [3.63, 3.8) is 0 Å². The summed E-state index contributed by atoms with van der Waals surface area (Å²) in [6, 6.07) is -1.01. The summed E-state index contributed by atoms with van der Waals surface area (Å²) in [5, 5.41) is 5.97. The molecule has 2 atom stereocenters. The molecule has 0 bridgehead atoms. The average molecular weight is 366 g/mol. The molecule has 11 heteroatoms. The first-order valence-corrected chi connectivity index (χ1v) is 8.99. The van der Waals surface area contributed by atoms with E-state index in [9.17, 15) is 26.4 Å². The number of aryl methyl sites for hydroxylation is 1. The first-order valence-electron chi connectivity index (χ1n) is 7.50. The molecule has 1 aromatic rings. The highest BCUT2D eigenvalue weighted by atomic mass is 32.2. The van der Waals surface area contributed by atoms with Gasteiger partial charge in [-0.25, -0.2) is 13.1 Å². The van der Waals surface area contributed by atoms with Gasteiger partial charge in [0.1, 0.15) is 4.90 Å². The molecule has 1 aliphatic heterocycles. The van der Waals surface area contributed by atoms with Gasteiger partial charge in [0.05, 0.1) is 0 Å². The normalized spacial score (nSPS) is 25.6. The Hall–Kier alpha value is -1.62. The number of alkyl halides is 3. The van der Waals surface area contributed by atoms with E-state index >= 15 is 0 Å². The highest BCUT2D eigenvalue weighted by Crippen LogP contribution is 2.37. The van der Waals surface area contributed by atoms with Crippen molar-refractivity contribution in [2.45, 2.75) is 48.8 Å². The van der Waals surface area contributed by atoms with E-state index in [1.807, 2.05) is 0 Å². The van der Waals surface area contributed by atoms with Crippen LogP contribution in [0.25, 0.3) is 0 Å². The fourth-order valence-corrected chi connectivity index (χ4v) is 4.47. The largest absolute Gasteiger partial charge is 0.436 e. The Morgan fingerprint density at radius 1 is 1.33 bits per heavy atom. The molecule has 1 saturated carbocycles. The fourth-order valence-electron chi connectivity index (χ4n) is 2.98. The number of halogens is 3. The molecule has 134 valence electrons. The maximum absolute atomic E-state index is 13.0. The van der Waals surface area contributed by atoms with E-state index in [0.717, 1.165) is 23.7 Å². The van der Waals surface area contributed by atoms with Crippen LogP contribution in [0.5, 0.6) is 0 Å². The predicted octanol–water partition coefficient (Wildman–Crippen LogP) is 0.774. The van der Waals surface area contributed by atoms with E-state index in [1.54, 1.807) is 0 Å². The number of rotatable bonds is 4. The third-order valence-corrected chi connectivity index (χ3v) is 5.72. The Kier molecular flexibility index (Phi) is 4.11. The molecule has 0 spiro atoms. The SMILES string of the molecule is Cn1cc(S(=O)(=O)NC2CCC(=O)NC2C2CC2)c(C(F)(F)F)n1. The molecule has 2 heterocycles. The zero-order valence-electron chi connectivity index (χ0n) is 12.8. The van der Waals surface area contributed by atoms with Gasteiger partial charge >= 0.3 is 6.18 Å². The van der Waals surface area contributed by atoms with Crippen LogP contribution in [-0.2, 0) is 28.0 Å². The molecule has 1 aliphatic carbocycles. The molecule has 24 heavy (non-hydrogen) atoms. The smallest absolute Gasteiger partial charge is 0.351 e. The van der Waals surface area contributed by atoms with Crippen molar-refractivity contribution in [2.75, 3.05) is 0 Å². The number of carbonyl (C=O) groups is 1. The number of carbonyl (C=O) groups excluding carboxylic acids is 1. The summed E-state index contributed by atoms with van der Waals surface area (Å²) in [4.78, 5) is 10.6. The molecular formula is C13H17F3N4O3S. The minimum absolute atomic E-state index is 0.134. The van der Waals surface area contributed by atoms with Crippen LogP contribution in [0, 0.1) is 5.92 Å². The lowest BCUT2D eigenvalue weighted by atomic mass is 9.95. The Morgan fingerprint density at radius 3 is 2.58 bits per heavy atom. The Labute approximate surface area is 136 Å². The summed E-state index contributed by atoms with van der Waals surface area (Å²) in [5.74, 6) is -0.00218. The molecule has 0 aromatic carbocycles. The molecule has 1 amide bonds. The van der Waals surface area contributed by atoms with Gasteiger partial charge in [0.2, 0.25) is 15.9 Å². The van der Waals surface area contributed by atoms with Crippen molar-refractivity contribution in [1.29, 1.82) is 0 Å². The average Bonchev–Trinajstić information content (AvgIpc) is 3.21. The van der Waals surface area contributed by atoms with Crippen LogP contribution < -0.4 is 10.0 Å². The molecule has 2 unspecified atom stereocenters. The molecule has 1 aromatic heterocycles. The van der Waals surface area contributed by atoms with Crippen LogP contribution in [0.2, 0.25) is 0 Å². The van der Waals surface area contributed by atoms with Gasteiger partial charge in [0.15, 0.2) is 5.69 Å². The van der Waals surface area contributed by atoms with Gasteiger partial charge in [0, 0.05) is 31.7 Å². The topological polar surface area (TPSA) is 93.1 Å². The van der Waals surface area contributed by atoms with Gasteiger partial charge in [-0.1, -0.05) is 0 Å². The standard InChI is InChI=1S/C13H17F3N4O3S/c1-20-6-9(12(18-20)13(14,15)16)24(22,23)19-8-4-5-10(21)17-11(8)7-2-3-7/h6-8,11,19H,2-5H2,1H3,(H,17,21). The van der Waals surface area contributed by atoms with Crippen molar-refractivity contribution in [3.8, 4) is 0 Å². The second-order valence-corrected chi connectivity index (χ2v) is 7.89. The molecule has 0 radical (unpaired) electrons. The fraction of sp³-hybridized carbons (Fsp3) is 0.692. The molecule has 2 aliphatic rings. The summed E-state index contributed by atoms with van der Waals surface area (Å²) >= 11 is 0. The molecule has 7 nitrogen and oxygen atoms in total. The van der Waals surface area contributed by atoms with Crippen molar-refractivity contribution in [2.24, 2.45) is 13.0 Å². The maximum Gasteiger partial charge on any atom is 0.436 e. The van der Waals surface area contributed by atoms with E-state index < -0.39 is 32.8 Å². The van der Waals surface area contributed by atoms with Crippen LogP contribution in [0.4, 0.5) is 13.2 Å². The lowest BCUT2D eigenvalue weighted by molar-refractivity contribution is -0.143. The van der Waals surface area contributed by atoms with Gasteiger partial charge in [-0.3, -0.25) is 9.48 Å². The first-order chi connectivity index (χ1) is 11.1. The van der Waals surface area contributed by atoms with Gasteiger partial charge in [-0.15, -0.1) is 0 Å². The van der Waals surface area contributed by atoms with E-state index in [1.165, 1.54) is 7.05 Å². The van der Waals surface area contributed by atoms with Crippen LogP contribution >= 0.6 is 0 Å². The summed E-state index contributed by atoms with van der Waals surface area (Å²) < 4.78 is 67.1. The Bertz CT molecular complexity index is 755. The van der Waals surface area contributed by atoms with Crippen LogP contribution in [0.15, 0.2) is 11.1 Å². The number of hydrogen-bond acceptors (Lipinski definition) is 4. The molecule has 3 rings (SSSR count). The number of nitrogens with one attached hydrogen (secondary N) is 2. The minimum Gasteiger partial charge on any atom is -0.351 e. The van der Waals surface area contributed by atoms with Crippen LogP contribution in [0.3, 0.4) is 0 Å². The van der Waals surface area contributed by atoms with Gasteiger partial charge in [-0.2, -0.15) is 18.3 Å². The highest BCUT2D eigenvalue weighted by Gasteiger charge is 2.44. The zero-order chi connectivity index (χ0) is 17.7. The van der Waals surface area contributed by atoms with E-state index in [2.05, 4.69) is 15.1 Å². The van der Waals surface area contributed by atoms with Crippen LogP contribution in [-0.4, -0.2) is 36.2 Å². The van der Waals surface area contributed by atoms with Crippen molar-refractivity contribution >= 4 is 15.9 Å². The zero-order valence-corrected chi connectivity index (χ0v) is 13.6. The second-order valence-electron chi connectivity index (χ2n) is 6.21. The monoisotopic (exact) mass is 366 g/mol. The number of nitrogens with zero attached hydrogens (tertiary/aromatic N) is 2. The van der Waals surface area contributed by atoms with E-state index in [0.29, 0.717) is 0 Å². The Morgan fingerprint density at radius 2 is 2.00 bits per heavy atom. The van der Waals surface area contributed by atoms with E-state index in [-0.39, 0.29) is 30.7 Å². The first kappa shape index (κ1) is 17.2. The lowest BCUT2D eigenvalue weighted by Gasteiger charge is -2.32. The maximum atomic E-state index is 13.0. The van der Waals surface area contributed by atoms with Gasteiger partial charge in [0.25, 0.3) is 0 Å². The van der Waals surface area contributed by atoms with E-state index in [4.69, 9.17) is 0 Å². The molecule has 2 N–H and O–H groups in total. The molecular weight excluding hydrogens is 349 g/mol. The second kappa shape index (κ2) is 5.73. The third kappa shape index (κ3) is 3.41. The number of hydrogen-bond donors (Lipinski definition) is 2. The number of piperidine rings is 1. The van der Waals surface area contributed by atoms with Gasteiger partial charge < -0.3 is 5.32 Å². The summed E-state index contributed by atoms with van der Waals surface area (Å²) in [6.07, 6.45) is -1.92. The van der Waals surface area contributed by atoms with Crippen LogP contribution in [0.1, 0.15) is 31.4 Å². The van der Waals surface area contributed by atoms with Gasteiger partial charge in [-0.05, 0) is 25.2 Å². The highest BCUT2D eigenvalue weighted by molar-refractivity contribution is 7.89. The quantitative estimate of drug-likeness (QED) is 0.823. The summed E-state index contributed by atoms with van der Waals surface area (Å²) in [6.45, 7) is 0. The van der Waals surface area contributed by atoms with Crippen molar-refractivity contribution in [1.82, 2.24) is 19.8 Å². The number of amides is 1. The minimum atomic E-state index is -4.87. The predicted molar refractivity (Wildman–Crippen MR) is 76.2 cm³/mol. The Balaban J connectivity index is 1.87. The lowest BCUT2D eigenvalue weighted by Crippen LogP contribution is -2.56. The summed E-state index contributed by atoms with van der Waals surface area (Å²) in [5.41, 5.74) is -1.44. The van der Waals surface area contributed by atoms with Crippen molar-refractivity contribution in [3.05, 3.63) is 11.9 Å². The molecule has 2 fully saturated rings. The third-order valence-electron chi connectivity index (χ3n) is 4.23. The molecule has 1 saturated heterocycles. The summed E-state index contributed by atoms with van der Waals surface area (Å²) in [7, 11) is -3.19. The number of aromatic nitrogens is 2. The number of sulfonamides is 1. The van der Waals surface area contributed by atoms with Crippen molar-refractivity contribution < 1.29 is 26.4 Å².